The normalized spacial score (nSPS) is 15.9. The van der Waals surface area contributed by atoms with Gasteiger partial charge in [0.2, 0.25) is 0 Å². The number of aliphatic carboxylic acids is 1. The van der Waals surface area contributed by atoms with Gasteiger partial charge in [0, 0.05) is 32.4 Å². The zero-order valence-electron chi connectivity index (χ0n) is 13.8. The Bertz CT molecular complexity index is 883. The summed E-state index contributed by atoms with van der Waals surface area (Å²) in [6, 6.07) is 4.80. The molecule has 3 heterocycles. The molecule has 140 valence electrons. The molecule has 0 atom stereocenters. The smallest absolute Gasteiger partial charge is 0.305 e. The van der Waals surface area contributed by atoms with Crippen LogP contribution in [0.1, 0.15) is 16.9 Å². The molecule has 1 aliphatic heterocycles. The molecule has 0 aromatic carbocycles. The predicted molar refractivity (Wildman–Crippen MR) is 93.5 cm³/mol. The average Bonchev–Trinajstić information content (AvgIpc) is 3.31. The Morgan fingerprint density at radius 3 is 2.54 bits per heavy atom. The van der Waals surface area contributed by atoms with Crippen LogP contribution in [-0.2, 0) is 21.4 Å². The van der Waals surface area contributed by atoms with Crippen LogP contribution in [0.3, 0.4) is 0 Å². The van der Waals surface area contributed by atoms with Crippen molar-refractivity contribution < 1.29 is 23.1 Å². The summed E-state index contributed by atoms with van der Waals surface area (Å²) in [5.41, 5.74) is 0.306. The third-order valence-electron chi connectivity index (χ3n) is 4.09. The van der Waals surface area contributed by atoms with E-state index in [1.807, 2.05) is 0 Å². The topological polar surface area (TPSA) is 113 Å². The number of sulfonamides is 1. The number of hydrogen-bond donors (Lipinski definition) is 1. The van der Waals surface area contributed by atoms with Gasteiger partial charge >= 0.3 is 5.97 Å². The summed E-state index contributed by atoms with van der Waals surface area (Å²) in [6.45, 7) is 1.09. The van der Waals surface area contributed by atoms with Crippen LogP contribution in [0.25, 0.3) is 0 Å². The molecule has 3 rings (SSSR count). The monoisotopic (exact) mass is 398 g/mol. The summed E-state index contributed by atoms with van der Waals surface area (Å²) in [5, 5.41) is 14.5. The second-order valence-electron chi connectivity index (χ2n) is 5.71. The number of piperazine rings is 1. The van der Waals surface area contributed by atoms with Crippen LogP contribution in [0.15, 0.2) is 34.0 Å². The zero-order chi connectivity index (χ0) is 18.7. The lowest BCUT2D eigenvalue weighted by atomic mass is 10.3. The van der Waals surface area contributed by atoms with Gasteiger partial charge in [-0.25, -0.2) is 8.42 Å². The Balaban J connectivity index is 1.64. The molecule has 2 aromatic rings. The second-order valence-corrected chi connectivity index (χ2v) is 8.82. The first-order chi connectivity index (χ1) is 12.4. The number of aromatic nitrogens is 2. The Morgan fingerprint density at radius 2 is 1.92 bits per heavy atom. The van der Waals surface area contributed by atoms with Crippen LogP contribution in [0, 0.1) is 0 Å². The highest BCUT2D eigenvalue weighted by atomic mass is 32.2. The summed E-state index contributed by atoms with van der Waals surface area (Å²) in [6.07, 6.45) is 1.32. The molecule has 2 aromatic heterocycles. The van der Waals surface area contributed by atoms with E-state index >= 15 is 0 Å². The van der Waals surface area contributed by atoms with Gasteiger partial charge in [-0.3, -0.25) is 14.3 Å². The molecule has 1 amide bonds. The molecule has 0 saturated carbocycles. The van der Waals surface area contributed by atoms with E-state index in [-0.39, 0.29) is 45.1 Å². The number of carboxylic acid groups (broad SMARTS) is 1. The van der Waals surface area contributed by atoms with Crippen LogP contribution >= 0.6 is 11.3 Å². The van der Waals surface area contributed by atoms with Gasteiger partial charge in [0.15, 0.2) is 0 Å². The van der Waals surface area contributed by atoms with Gasteiger partial charge in [-0.05, 0) is 17.5 Å². The van der Waals surface area contributed by atoms with Crippen LogP contribution in [0.2, 0.25) is 0 Å². The summed E-state index contributed by atoms with van der Waals surface area (Å²) < 4.78 is 28.1. The van der Waals surface area contributed by atoms with Crippen LogP contribution in [-0.4, -0.2) is 70.6 Å². The van der Waals surface area contributed by atoms with E-state index in [1.54, 1.807) is 28.5 Å². The van der Waals surface area contributed by atoms with Crippen molar-refractivity contribution in [2.45, 2.75) is 17.2 Å². The Kier molecular flexibility index (Phi) is 5.39. The number of hydrogen-bond acceptors (Lipinski definition) is 6. The molecule has 0 radical (unpaired) electrons. The van der Waals surface area contributed by atoms with Crippen molar-refractivity contribution in [1.29, 1.82) is 0 Å². The molecule has 1 N–H and O–H groups in total. The lowest BCUT2D eigenvalue weighted by molar-refractivity contribution is -0.137. The number of carbonyl (C=O) groups is 2. The van der Waals surface area contributed by atoms with Gasteiger partial charge < -0.3 is 10.0 Å². The van der Waals surface area contributed by atoms with Crippen molar-refractivity contribution in [3.05, 3.63) is 35.5 Å². The van der Waals surface area contributed by atoms with Crippen molar-refractivity contribution in [1.82, 2.24) is 19.0 Å². The fraction of sp³-hybridized carbons (Fsp3) is 0.400. The van der Waals surface area contributed by atoms with Crippen molar-refractivity contribution in [2.24, 2.45) is 0 Å². The lowest BCUT2D eigenvalue weighted by Gasteiger charge is -2.33. The largest absolute Gasteiger partial charge is 0.481 e. The zero-order valence-corrected chi connectivity index (χ0v) is 15.4. The molecule has 1 saturated heterocycles. The summed E-state index contributed by atoms with van der Waals surface area (Å²) in [7, 11) is -3.52. The molecule has 0 unspecified atom stereocenters. The molecule has 9 nitrogen and oxygen atoms in total. The van der Waals surface area contributed by atoms with E-state index in [0.29, 0.717) is 9.90 Å². The van der Waals surface area contributed by atoms with Crippen LogP contribution in [0.5, 0.6) is 0 Å². The highest BCUT2D eigenvalue weighted by molar-refractivity contribution is 7.91. The first-order valence-corrected chi connectivity index (χ1v) is 10.3. The van der Waals surface area contributed by atoms with E-state index < -0.39 is 16.0 Å². The number of amides is 1. The van der Waals surface area contributed by atoms with Gasteiger partial charge in [0.25, 0.3) is 15.9 Å². The van der Waals surface area contributed by atoms with Crippen molar-refractivity contribution in [3.63, 3.8) is 0 Å². The fourth-order valence-corrected chi connectivity index (χ4v) is 5.29. The number of thiophene rings is 1. The summed E-state index contributed by atoms with van der Waals surface area (Å²) in [4.78, 5) is 24.9. The van der Waals surface area contributed by atoms with Gasteiger partial charge in [-0.2, -0.15) is 9.40 Å². The molecular formula is C15H18N4O5S2. The number of carboxylic acids is 1. The van der Waals surface area contributed by atoms with Gasteiger partial charge in [0.1, 0.15) is 9.90 Å². The summed E-state index contributed by atoms with van der Waals surface area (Å²) in [5.74, 6) is -1.24. The van der Waals surface area contributed by atoms with E-state index in [4.69, 9.17) is 5.11 Å². The minimum Gasteiger partial charge on any atom is -0.481 e. The average molecular weight is 398 g/mol. The highest BCUT2D eigenvalue weighted by Crippen LogP contribution is 2.22. The maximum absolute atomic E-state index is 12.7. The number of nitrogens with zero attached hydrogens (tertiary/aromatic N) is 4. The third-order valence-corrected chi connectivity index (χ3v) is 7.36. The minimum atomic E-state index is -3.52. The van der Waals surface area contributed by atoms with Crippen LogP contribution in [0.4, 0.5) is 0 Å². The van der Waals surface area contributed by atoms with E-state index in [0.717, 1.165) is 0 Å². The molecule has 0 bridgehead atoms. The molecule has 11 heteroatoms. The maximum Gasteiger partial charge on any atom is 0.305 e. The Labute approximate surface area is 154 Å². The summed E-state index contributed by atoms with van der Waals surface area (Å²) >= 11 is 1.17. The SMILES string of the molecule is O=C(O)CCn1nccc1C(=O)N1CCN(S(=O)(=O)c2cccs2)CC1. The molecular weight excluding hydrogens is 380 g/mol. The molecule has 26 heavy (non-hydrogen) atoms. The van der Waals surface area contributed by atoms with Crippen molar-refractivity contribution >= 4 is 33.2 Å². The first-order valence-electron chi connectivity index (χ1n) is 7.96. The maximum atomic E-state index is 12.7. The lowest BCUT2D eigenvalue weighted by Crippen LogP contribution is -2.50. The van der Waals surface area contributed by atoms with E-state index in [9.17, 15) is 18.0 Å². The van der Waals surface area contributed by atoms with Gasteiger partial charge in [-0.15, -0.1) is 11.3 Å². The number of rotatable bonds is 6. The fourth-order valence-electron chi connectivity index (χ4n) is 2.73. The molecule has 1 aliphatic rings. The van der Waals surface area contributed by atoms with E-state index in [1.165, 1.54) is 26.5 Å². The Morgan fingerprint density at radius 1 is 1.19 bits per heavy atom. The third kappa shape index (κ3) is 3.79. The highest BCUT2D eigenvalue weighted by Gasteiger charge is 2.31. The first kappa shape index (κ1) is 18.5. The predicted octanol–water partition coefficient (Wildman–Crippen LogP) is 0.566. The number of carbonyl (C=O) groups excluding carboxylic acids is 1. The van der Waals surface area contributed by atoms with Crippen molar-refractivity contribution in [2.75, 3.05) is 26.2 Å². The molecule has 1 fully saturated rings. The molecule has 0 aliphatic carbocycles. The van der Waals surface area contributed by atoms with Crippen molar-refractivity contribution in [3.8, 4) is 0 Å². The minimum absolute atomic E-state index is 0.107. The standard InChI is InChI=1S/C15H18N4O5S2/c20-13(21)4-6-19-12(3-5-16-19)15(22)17-7-9-18(10-8-17)26(23,24)14-2-1-11-25-14/h1-3,5,11H,4,6-10H2,(H,20,21). The quantitative estimate of drug-likeness (QED) is 0.761. The van der Waals surface area contributed by atoms with Gasteiger partial charge in [-0.1, -0.05) is 6.07 Å². The second kappa shape index (κ2) is 7.56. The Hall–Kier alpha value is -2.24. The van der Waals surface area contributed by atoms with Crippen LogP contribution < -0.4 is 0 Å². The number of aryl methyl sites for hydroxylation is 1. The van der Waals surface area contributed by atoms with Gasteiger partial charge in [0.05, 0.1) is 13.0 Å². The molecule has 0 spiro atoms. The van der Waals surface area contributed by atoms with E-state index in [2.05, 4.69) is 5.10 Å².